The number of carbonyl (C=O) groups is 1. The van der Waals surface area contributed by atoms with Gasteiger partial charge in [-0.2, -0.15) is 0 Å². The van der Waals surface area contributed by atoms with Crippen LogP contribution < -0.4 is 0 Å². The molecule has 0 aromatic carbocycles. The van der Waals surface area contributed by atoms with E-state index < -0.39 is 12.1 Å². The Kier molecular flexibility index (Phi) is 2.49. The van der Waals surface area contributed by atoms with E-state index >= 15 is 0 Å². The van der Waals surface area contributed by atoms with Crippen LogP contribution in [-0.2, 0) is 9.53 Å². The summed E-state index contributed by atoms with van der Waals surface area (Å²) in [7, 11) is 0. The zero-order chi connectivity index (χ0) is 8.43. The van der Waals surface area contributed by atoms with Crippen LogP contribution in [0.25, 0.3) is 0 Å². The third-order valence-corrected chi connectivity index (χ3v) is 2.02. The fraction of sp³-hybridized carbons (Fsp3) is 0.875. The summed E-state index contributed by atoms with van der Waals surface area (Å²) in [4.78, 5) is 10.5. The van der Waals surface area contributed by atoms with Crippen molar-refractivity contribution in [2.45, 2.75) is 38.9 Å². The van der Waals surface area contributed by atoms with Gasteiger partial charge in [-0.05, 0) is 25.7 Å². The summed E-state index contributed by atoms with van der Waals surface area (Å²) in [5, 5.41) is 8.65. The predicted octanol–water partition coefficient (Wildman–Crippen LogP) is 1.27. The van der Waals surface area contributed by atoms with Crippen molar-refractivity contribution in [3.05, 3.63) is 0 Å². The molecule has 0 aromatic heterocycles. The first-order chi connectivity index (χ1) is 5.09. The quantitative estimate of drug-likeness (QED) is 0.625. The smallest absolute Gasteiger partial charge is 0.332 e. The lowest BCUT2D eigenvalue weighted by atomic mass is 9.94. The third kappa shape index (κ3) is 2.19. The van der Waals surface area contributed by atoms with Gasteiger partial charge in [-0.15, -0.1) is 0 Å². The van der Waals surface area contributed by atoms with Crippen molar-refractivity contribution < 1.29 is 14.6 Å². The van der Waals surface area contributed by atoms with E-state index in [0.717, 1.165) is 6.42 Å². The summed E-state index contributed by atoms with van der Waals surface area (Å²) in [5.74, 6) is -0.358. The molecule has 0 aromatic rings. The fourth-order valence-corrected chi connectivity index (χ4v) is 1.58. The second-order valence-corrected chi connectivity index (χ2v) is 3.35. The molecular weight excluding hydrogens is 144 g/mol. The highest BCUT2D eigenvalue weighted by atomic mass is 16.5. The highest BCUT2D eigenvalue weighted by Crippen LogP contribution is 2.24. The van der Waals surface area contributed by atoms with Gasteiger partial charge in [0.2, 0.25) is 0 Å². The molecule has 1 N–H and O–H groups in total. The fourth-order valence-electron chi connectivity index (χ4n) is 1.58. The Morgan fingerprint density at radius 2 is 2.09 bits per heavy atom. The average Bonchev–Trinajstić information content (AvgIpc) is 1.85. The van der Waals surface area contributed by atoms with Crippen LogP contribution in [0.2, 0.25) is 0 Å². The maximum Gasteiger partial charge on any atom is 0.332 e. The molecule has 1 saturated heterocycles. The van der Waals surface area contributed by atoms with Crippen LogP contribution in [0.3, 0.4) is 0 Å². The molecule has 64 valence electrons. The van der Waals surface area contributed by atoms with Crippen LogP contribution in [0.5, 0.6) is 0 Å². The number of carboxylic acid groups (broad SMARTS) is 1. The van der Waals surface area contributed by atoms with Crippen molar-refractivity contribution in [1.82, 2.24) is 0 Å². The van der Waals surface area contributed by atoms with Gasteiger partial charge >= 0.3 is 5.97 Å². The van der Waals surface area contributed by atoms with E-state index in [-0.39, 0.29) is 6.10 Å². The Hall–Kier alpha value is -0.570. The van der Waals surface area contributed by atoms with Crippen molar-refractivity contribution >= 4 is 5.97 Å². The average molecular weight is 158 g/mol. The van der Waals surface area contributed by atoms with E-state index in [4.69, 9.17) is 9.84 Å². The zero-order valence-electron chi connectivity index (χ0n) is 6.91. The molecule has 3 heteroatoms. The number of carboxylic acids is 1. The van der Waals surface area contributed by atoms with E-state index in [1.165, 1.54) is 0 Å². The van der Waals surface area contributed by atoms with E-state index in [9.17, 15) is 4.79 Å². The summed E-state index contributed by atoms with van der Waals surface area (Å²) in [6.07, 6.45) is 1.15. The first-order valence-electron chi connectivity index (χ1n) is 3.98. The first-order valence-corrected chi connectivity index (χ1v) is 3.98. The Morgan fingerprint density at radius 1 is 1.45 bits per heavy atom. The minimum absolute atomic E-state index is 0.0971. The second kappa shape index (κ2) is 3.22. The van der Waals surface area contributed by atoms with Crippen molar-refractivity contribution in [1.29, 1.82) is 0 Å². The number of hydrogen-bond acceptors (Lipinski definition) is 2. The maximum atomic E-state index is 10.5. The van der Waals surface area contributed by atoms with E-state index in [2.05, 4.69) is 6.92 Å². The van der Waals surface area contributed by atoms with Gasteiger partial charge in [-0.1, -0.05) is 6.92 Å². The van der Waals surface area contributed by atoms with Gasteiger partial charge in [0.05, 0.1) is 6.10 Å². The zero-order valence-corrected chi connectivity index (χ0v) is 6.91. The molecule has 1 fully saturated rings. The molecule has 0 bridgehead atoms. The van der Waals surface area contributed by atoms with E-state index in [1.807, 2.05) is 6.92 Å². The van der Waals surface area contributed by atoms with Crippen molar-refractivity contribution in [3.8, 4) is 0 Å². The summed E-state index contributed by atoms with van der Waals surface area (Å²) in [5.41, 5.74) is 0. The Bertz CT molecular complexity index is 145. The van der Waals surface area contributed by atoms with Crippen LogP contribution in [0.4, 0.5) is 0 Å². The minimum Gasteiger partial charge on any atom is -0.479 e. The number of rotatable bonds is 1. The van der Waals surface area contributed by atoms with E-state index in [1.54, 1.807) is 0 Å². The molecule has 1 aliphatic rings. The molecule has 0 amide bonds. The molecule has 0 radical (unpaired) electrons. The van der Waals surface area contributed by atoms with Crippen LogP contribution in [-0.4, -0.2) is 23.3 Å². The molecule has 0 saturated carbocycles. The van der Waals surface area contributed by atoms with Gasteiger partial charge in [0, 0.05) is 0 Å². The number of hydrogen-bond donors (Lipinski definition) is 1. The molecule has 1 aliphatic heterocycles. The van der Waals surface area contributed by atoms with Gasteiger partial charge in [-0.25, -0.2) is 4.79 Å². The van der Waals surface area contributed by atoms with Crippen molar-refractivity contribution in [2.24, 2.45) is 5.92 Å². The van der Waals surface area contributed by atoms with Crippen LogP contribution in [0.1, 0.15) is 26.7 Å². The lowest BCUT2D eigenvalue weighted by Crippen LogP contribution is -2.35. The molecule has 3 atom stereocenters. The second-order valence-electron chi connectivity index (χ2n) is 3.35. The van der Waals surface area contributed by atoms with Crippen LogP contribution >= 0.6 is 0 Å². The van der Waals surface area contributed by atoms with Gasteiger partial charge < -0.3 is 9.84 Å². The van der Waals surface area contributed by atoms with Crippen LogP contribution in [0.15, 0.2) is 0 Å². The monoisotopic (exact) mass is 158 g/mol. The summed E-state index contributed by atoms with van der Waals surface area (Å²) in [6.45, 7) is 3.99. The summed E-state index contributed by atoms with van der Waals surface area (Å²) >= 11 is 0. The molecule has 0 aliphatic carbocycles. The summed E-state index contributed by atoms with van der Waals surface area (Å²) in [6, 6.07) is 0. The van der Waals surface area contributed by atoms with Gasteiger partial charge in [-0.3, -0.25) is 0 Å². The first kappa shape index (κ1) is 8.53. The topological polar surface area (TPSA) is 46.5 Å². The van der Waals surface area contributed by atoms with Gasteiger partial charge in [0.1, 0.15) is 0 Å². The van der Waals surface area contributed by atoms with Crippen LogP contribution in [0, 0.1) is 5.92 Å². The lowest BCUT2D eigenvalue weighted by molar-refractivity contribution is -0.160. The highest BCUT2D eigenvalue weighted by Gasteiger charge is 2.28. The number of aliphatic carboxylic acids is 1. The molecule has 1 rings (SSSR count). The predicted molar refractivity (Wildman–Crippen MR) is 40.4 cm³/mol. The normalized spacial score (nSPS) is 38.5. The van der Waals surface area contributed by atoms with Gasteiger partial charge in [0.25, 0.3) is 0 Å². The Labute approximate surface area is 66.4 Å². The standard InChI is InChI=1S/C8H14O3/c1-5-3-6(2)11-7(4-5)8(9)10/h5-7H,3-4H2,1-2H3,(H,9,10). The molecule has 3 unspecified atom stereocenters. The molecular formula is C8H14O3. The maximum absolute atomic E-state index is 10.5. The van der Waals surface area contributed by atoms with Crippen molar-refractivity contribution in [2.75, 3.05) is 0 Å². The Balaban J connectivity index is 2.49. The molecule has 3 nitrogen and oxygen atoms in total. The largest absolute Gasteiger partial charge is 0.479 e. The molecule has 11 heavy (non-hydrogen) atoms. The summed E-state index contributed by atoms with van der Waals surface area (Å²) < 4.78 is 5.22. The number of ether oxygens (including phenoxy) is 1. The SMILES string of the molecule is CC1CC(C)OC(C(=O)O)C1. The highest BCUT2D eigenvalue weighted by molar-refractivity contribution is 5.72. The van der Waals surface area contributed by atoms with E-state index in [0.29, 0.717) is 12.3 Å². The third-order valence-electron chi connectivity index (χ3n) is 2.02. The molecule has 0 spiro atoms. The van der Waals surface area contributed by atoms with Gasteiger partial charge in [0.15, 0.2) is 6.10 Å². The Morgan fingerprint density at radius 3 is 2.55 bits per heavy atom. The van der Waals surface area contributed by atoms with Crippen molar-refractivity contribution in [3.63, 3.8) is 0 Å². The molecule has 1 heterocycles. The lowest BCUT2D eigenvalue weighted by Gasteiger charge is -2.29. The minimum atomic E-state index is -0.830.